The Balaban J connectivity index is 2.32. The number of hydrogen-bond donors (Lipinski definition) is 1. The summed E-state index contributed by atoms with van der Waals surface area (Å²) in [6, 6.07) is 6.97. The summed E-state index contributed by atoms with van der Waals surface area (Å²) >= 11 is 3.12. The average Bonchev–Trinajstić information content (AvgIpc) is 2.50. The van der Waals surface area contributed by atoms with E-state index in [4.69, 9.17) is 0 Å². The van der Waals surface area contributed by atoms with Crippen LogP contribution < -0.4 is 5.32 Å². The van der Waals surface area contributed by atoms with E-state index in [0.717, 1.165) is 18.2 Å². The first-order chi connectivity index (χ1) is 10.4. The van der Waals surface area contributed by atoms with E-state index < -0.39 is 23.5 Å². The molecular formula is C15H10BrF2NO3. The van der Waals surface area contributed by atoms with E-state index >= 15 is 0 Å². The number of anilines is 1. The van der Waals surface area contributed by atoms with E-state index in [1.54, 1.807) is 0 Å². The number of halogens is 3. The van der Waals surface area contributed by atoms with Gasteiger partial charge in [-0.15, -0.1) is 0 Å². The van der Waals surface area contributed by atoms with Crippen molar-refractivity contribution in [3.63, 3.8) is 0 Å². The molecule has 7 heteroatoms. The molecule has 114 valence electrons. The zero-order valence-corrected chi connectivity index (χ0v) is 12.9. The summed E-state index contributed by atoms with van der Waals surface area (Å²) in [6.45, 7) is 0. The van der Waals surface area contributed by atoms with Crippen LogP contribution in [0.5, 0.6) is 0 Å². The minimum atomic E-state index is -0.728. The van der Waals surface area contributed by atoms with Gasteiger partial charge in [-0.2, -0.15) is 0 Å². The van der Waals surface area contributed by atoms with Crippen LogP contribution in [0, 0.1) is 11.6 Å². The van der Waals surface area contributed by atoms with Crippen molar-refractivity contribution in [3.8, 4) is 0 Å². The number of hydrogen-bond acceptors (Lipinski definition) is 3. The van der Waals surface area contributed by atoms with Crippen LogP contribution in [0.15, 0.2) is 40.9 Å². The molecule has 0 heterocycles. The molecule has 1 N–H and O–H groups in total. The van der Waals surface area contributed by atoms with Gasteiger partial charge in [0.15, 0.2) is 0 Å². The lowest BCUT2D eigenvalue weighted by Gasteiger charge is -2.09. The number of benzene rings is 2. The lowest BCUT2D eigenvalue weighted by molar-refractivity contribution is 0.0600. The molecule has 0 aliphatic rings. The maximum absolute atomic E-state index is 13.7. The molecule has 0 aromatic heterocycles. The van der Waals surface area contributed by atoms with Crippen LogP contribution in [0.2, 0.25) is 0 Å². The molecule has 0 unspecified atom stereocenters. The largest absolute Gasteiger partial charge is 0.465 e. The van der Waals surface area contributed by atoms with Gasteiger partial charge in [-0.05, 0) is 52.3 Å². The van der Waals surface area contributed by atoms with Gasteiger partial charge in [-0.1, -0.05) is 0 Å². The van der Waals surface area contributed by atoms with E-state index in [0.29, 0.717) is 4.47 Å². The maximum Gasteiger partial charge on any atom is 0.337 e. The fraction of sp³-hybridized carbons (Fsp3) is 0.0667. The molecule has 22 heavy (non-hydrogen) atoms. The number of rotatable bonds is 3. The minimum absolute atomic E-state index is 0.00266. The summed E-state index contributed by atoms with van der Waals surface area (Å²) in [5.74, 6) is -2.71. The van der Waals surface area contributed by atoms with Gasteiger partial charge in [0.1, 0.15) is 11.6 Å². The second kappa shape index (κ2) is 6.65. The molecule has 2 aromatic rings. The standard InChI is InChI=1S/C15H10BrF2NO3/c1-22-15(21)8-2-5-12(18)13(6-8)19-14(20)10-7-9(17)3-4-11(10)16/h2-7H,1H3,(H,19,20). The van der Waals surface area contributed by atoms with E-state index in [2.05, 4.69) is 26.0 Å². The lowest BCUT2D eigenvalue weighted by Crippen LogP contribution is -2.15. The fourth-order valence-corrected chi connectivity index (χ4v) is 2.15. The second-order valence-electron chi connectivity index (χ2n) is 4.26. The number of methoxy groups -OCH3 is 1. The molecule has 2 rings (SSSR count). The van der Waals surface area contributed by atoms with Crippen molar-refractivity contribution in [3.05, 3.63) is 63.6 Å². The zero-order chi connectivity index (χ0) is 16.3. The summed E-state index contributed by atoms with van der Waals surface area (Å²) in [5, 5.41) is 2.30. The Morgan fingerprint density at radius 1 is 1.14 bits per heavy atom. The van der Waals surface area contributed by atoms with Gasteiger partial charge in [0, 0.05) is 4.47 Å². The molecule has 0 aliphatic heterocycles. The Morgan fingerprint density at radius 3 is 2.55 bits per heavy atom. The highest BCUT2D eigenvalue weighted by Crippen LogP contribution is 2.22. The van der Waals surface area contributed by atoms with Crippen molar-refractivity contribution in [2.24, 2.45) is 0 Å². The van der Waals surface area contributed by atoms with Gasteiger partial charge in [0.05, 0.1) is 23.9 Å². The Hall–Kier alpha value is -2.28. The van der Waals surface area contributed by atoms with Crippen molar-refractivity contribution in [2.75, 3.05) is 12.4 Å². The Morgan fingerprint density at radius 2 is 1.86 bits per heavy atom. The number of carbonyl (C=O) groups is 2. The summed E-state index contributed by atoms with van der Waals surface area (Å²) in [7, 11) is 1.19. The predicted octanol–water partition coefficient (Wildman–Crippen LogP) is 3.77. The summed E-state index contributed by atoms with van der Waals surface area (Å²) in [6.07, 6.45) is 0. The quantitative estimate of drug-likeness (QED) is 0.837. The lowest BCUT2D eigenvalue weighted by atomic mass is 10.1. The summed E-state index contributed by atoms with van der Waals surface area (Å²) < 4.78 is 31.8. The molecule has 0 spiro atoms. The highest BCUT2D eigenvalue weighted by atomic mass is 79.9. The molecule has 0 radical (unpaired) electrons. The topological polar surface area (TPSA) is 55.4 Å². The van der Waals surface area contributed by atoms with Crippen molar-refractivity contribution in [1.82, 2.24) is 0 Å². The Bertz CT molecular complexity index is 750. The molecule has 0 saturated heterocycles. The Labute approximate surface area is 133 Å². The van der Waals surface area contributed by atoms with Gasteiger partial charge in [-0.3, -0.25) is 4.79 Å². The number of nitrogens with one attached hydrogen (secondary N) is 1. The first kappa shape index (κ1) is 16.1. The molecule has 0 aliphatic carbocycles. The van der Waals surface area contributed by atoms with Crippen molar-refractivity contribution < 1.29 is 23.1 Å². The highest BCUT2D eigenvalue weighted by Gasteiger charge is 2.15. The van der Waals surface area contributed by atoms with Crippen molar-refractivity contribution >= 4 is 33.5 Å². The fourth-order valence-electron chi connectivity index (χ4n) is 1.73. The molecule has 4 nitrogen and oxygen atoms in total. The summed E-state index contributed by atoms with van der Waals surface area (Å²) in [4.78, 5) is 23.5. The van der Waals surface area contributed by atoms with Crippen LogP contribution in [-0.2, 0) is 4.74 Å². The van der Waals surface area contributed by atoms with E-state index in [1.807, 2.05) is 0 Å². The minimum Gasteiger partial charge on any atom is -0.465 e. The van der Waals surface area contributed by atoms with E-state index in [9.17, 15) is 18.4 Å². The molecule has 0 atom stereocenters. The zero-order valence-electron chi connectivity index (χ0n) is 11.3. The van der Waals surface area contributed by atoms with Gasteiger partial charge < -0.3 is 10.1 Å². The Kier molecular flexibility index (Phi) is 4.87. The first-order valence-corrected chi connectivity index (χ1v) is 6.86. The smallest absolute Gasteiger partial charge is 0.337 e. The predicted molar refractivity (Wildman–Crippen MR) is 79.8 cm³/mol. The van der Waals surface area contributed by atoms with Crippen LogP contribution in [0.1, 0.15) is 20.7 Å². The third kappa shape index (κ3) is 3.48. The third-order valence-electron chi connectivity index (χ3n) is 2.81. The van der Waals surface area contributed by atoms with Gasteiger partial charge in [-0.25, -0.2) is 13.6 Å². The molecule has 0 bridgehead atoms. The van der Waals surface area contributed by atoms with Gasteiger partial charge in [0.25, 0.3) is 5.91 Å². The van der Waals surface area contributed by atoms with Crippen LogP contribution in [0.4, 0.5) is 14.5 Å². The van der Waals surface area contributed by atoms with Crippen molar-refractivity contribution in [2.45, 2.75) is 0 Å². The van der Waals surface area contributed by atoms with Crippen LogP contribution >= 0.6 is 15.9 Å². The maximum atomic E-state index is 13.7. The number of amides is 1. The van der Waals surface area contributed by atoms with E-state index in [-0.39, 0.29) is 16.8 Å². The van der Waals surface area contributed by atoms with Crippen LogP contribution in [0.3, 0.4) is 0 Å². The molecule has 2 aromatic carbocycles. The van der Waals surface area contributed by atoms with Gasteiger partial charge >= 0.3 is 5.97 Å². The normalized spacial score (nSPS) is 10.2. The number of ether oxygens (including phenoxy) is 1. The number of carbonyl (C=O) groups excluding carboxylic acids is 2. The van der Waals surface area contributed by atoms with Crippen LogP contribution in [0.25, 0.3) is 0 Å². The SMILES string of the molecule is COC(=O)c1ccc(F)c(NC(=O)c2cc(F)ccc2Br)c1. The summed E-state index contributed by atoms with van der Waals surface area (Å²) in [5.41, 5.74) is -0.121. The highest BCUT2D eigenvalue weighted by molar-refractivity contribution is 9.10. The van der Waals surface area contributed by atoms with Gasteiger partial charge in [0.2, 0.25) is 0 Å². The van der Waals surface area contributed by atoms with Crippen molar-refractivity contribution in [1.29, 1.82) is 0 Å². The molecule has 0 fully saturated rings. The molecule has 1 amide bonds. The average molecular weight is 370 g/mol. The third-order valence-corrected chi connectivity index (χ3v) is 3.50. The first-order valence-electron chi connectivity index (χ1n) is 6.06. The van der Waals surface area contributed by atoms with E-state index in [1.165, 1.54) is 25.3 Å². The second-order valence-corrected chi connectivity index (χ2v) is 5.12. The molecular weight excluding hydrogens is 360 g/mol. The van der Waals surface area contributed by atoms with Crippen LogP contribution in [-0.4, -0.2) is 19.0 Å². The number of esters is 1. The molecule has 0 saturated carbocycles. The monoisotopic (exact) mass is 369 g/mol.